The molecule has 3 aromatic carbocycles. The van der Waals surface area contributed by atoms with Gasteiger partial charge in [-0.1, -0.05) is 18.2 Å². The summed E-state index contributed by atoms with van der Waals surface area (Å²) in [7, 11) is -0.890. The third-order valence-electron chi connectivity index (χ3n) is 5.66. The molecular formula is C25H27N3O5S. The fraction of sp³-hybridized carbons (Fsp3) is 0.240. The van der Waals surface area contributed by atoms with Crippen LogP contribution >= 0.6 is 0 Å². The van der Waals surface area contributed by atoms with Crippen molar-refractivity contribution < 1.29 is 22.7 Å². The van der Waals surface area contributed by atoms with Crippen LogP contribution < -0.4 is 24.4 Å². The highest BCUT2D eigenvalue weighted by Crippen LogP contribution is 2.34. The molecule has 0 radical (unpaired) electrons. The lowest BCUT2D eigenvalue weighted by Crippen LogP contribution is -2.27. The van der Waals surface area contributed by atoms with Crippen LogP contribution in [0.1, 0.15) is 12.0 Å². The van der Waals surface area contributed by atoms with E-state index in [-0.39, 0.29) is 23.8 Å². The molecule has 1 aliphatic heterocycles. The molecule has 0 bridgehead atoms. The lowest BCUT2D eigenvalue weighted by Gasteiger charge is -2.20. The number of nitrogens with one attached hydrogen (secondary N) is 2. The van der Waals surface area contributed by atoms with Crippen molar-refractivity contribution in [3.63, 3.8) is 0 Å². The fourth-order valence-electron chi connectivity index (χ4n) is 3.92. The van der Waals surface area contributed by atoms with Gasteiger partial charge in [-0.25, -0.2) is 13.1 Å². The highest BCUT2D eigenvalue weighted by atomic mass is 32.2. The van der Waals surface area contributed by atoms with Crippen LogP contribution in [0.5, 0.6) is 11.5 Å². The number of hydrogen-bond donors (Lipinski definition) is 2. The molecule has 0 aromatic heterocycles. The van der Waals surface area contributed by atoms with Gasteiger partial charge >= 0.3 is 0 Å². The van der Waals surface area contributed by atoms with Gasteiger partial charge in [0.1, 0.15) is 0 Å². The van der Waals surface area contributed by atoms with E-state index in [1.807, 2.05) is 30.3 Å². The molecule has 0 saturated carbocycles. The molecule has 9 heteroatoms. The predicted octanol–water partition coefficient (Wildman–Crippen LogP) is 3.71. The second kappa shape index (κ2) is 10.1. The summed E-state index contributed by atoms with van der Waals surface area (Å²) in [5.41, 5.74) is 4.26. The zero-order valence-corrected chi connectivity index (χ0v) is 19.9. The number of nitrogens with zero attached hydrogens (tertiary/aromatic N) is 1. The van der Waals surface area contributed by atoms with Crippen LogP contribution in [-0.2, 0) is 21.2 Å². The van der Waals surface area contributed by atoms with Crippen molar-refractivity contribution in [2.75, 3.05) is 37.5 Å². The summed E-state index contributed by atoms with van der Waals surface area (Å²) in [4.78, 5) is 14.6. The van der Waals surface area contributed by atoms with Gasteiger partial charge in [0, 0.05) is 42.6 Å². The Bertz CT molecular complexity index is 1280. The topological polar surface area (TPSA) is 97.0 Å². The van der Waals surface area contributed by atoms with Gasteiger partial charge in [-0.3, -0.25) is 4.79 Å². The smallest absolute Gasteiger partial charge is 0.240 e. The first-order valence-electron chi connectivity index (χ1n) is 10.9. The first-order valence-corrected chi connectivity index (χ1v) is 12.4. The van der Waals surface area contributed by atoms with Crippen LogP contribution in [0, 0.1) is 0 Å². The van der Waals surface area contributed by atoms with Gasteiger partial charge < -0.3 is 19.7 Å². The largest absolute Gasteiger partial charge is 0.493 e. The van der Waals surface area contributed by atoms with E-state index in [1.165, 1.54) is 43.7 Å². The van der Waals surface area contributed by atoms with Gasteiger partial charge in [-0.2, -0.15) is 0 Å². The number of ether oxygens (including phenoxy) is 2. The number of carbonyl (C=O) groups is 1. The van der Waals surface area contributed by atoms with Crippen molar-refractivity contribution in [1.29, 1.82) is 0 Å². The molecule has 178 valence electrons. The maximum Gasteiger partial charge on any atom is 0.240 e. The Morgan fingerprint density at radius 1 is 0.971 bits per heavy atom. The monoisotopic (exact) mass is 481 g/mol. The highest BCUT2D eigenvalue weighted by molar-refractivity contribution is 7.89. The Morgan fingerprint density at radius 3 is 2.44 bits per heavy atom. The van der Waals surface area contributed by atoms with Crippen LogP contribution in [0.15, 0.2) is 71.6 Å². The number of fused-ring (bicyclic) bond motifs is 1. The van der Waals surface area contributed by atoms with Crippen molar-refractivity contribution in [3.05, 3.63) is 72.3 Å². The van der Waals surface area contributed by atoms with Gasteiger partial charge in [0.05, 0.1) is 19.1 Å². The first kappa shape index (κ1) is 23.6. The van der Waals surface area contributed by atoms with Crippen molar-refractivity contribution in [2.45, 2.75) is 17.7 Å². The summed E-state index contributed by atoms with van der Waals surface area (Å²) in [5, 5.41) is 2.81. The summed E-state index contributed by atoms with van der Waals surface area (Å²) in [6.45, 7) is 0.885. The molecule has 1 amide bonds. The Balaban J connectivity index is 1.30. The lowest BCUT2D eigenvalue weighted by molar-refractivity contribution is -0.116. The molecule has 0 atom stereocenters. The third kappa shape index (κ3) is 5.16. The first-order chi connectivity index (χ1) is 16.4. The summed E-state index contributed by atoms with van der Waals surface area (Å²) >= 11 is 0. The van der Waals surface area contributed by atoms with E-state index in [2.05, 4.69) is 33.1 Å². The number of para-hydroxylation sites is 1. The quantitative estimate of drug-likeness (QED) is 0.484. The zero-order valence-electron chi connectivity index (χ0n) is 19.1. The molecule has 1 heterocycles. The van der Waals surface area contributed by atoms with Crippen molar-refractivity contribution in [2.24, 2.45) is 0 Å². The third-order valence-corrected chi connectivity index (χ3v) is 7.12. The number of methoxy groups -OCH3 is 2. The summed E-state index contributed by atoms with van der Waals surface area (Å²) in [6.07, 6.45) is 1.00. The number of sulfonamides is 1. The van der Waals surface area contributed by atoms with Gasteiger partial charge in [-0.05, 0) is 54.4 Å². The van der Waals surface area contributed by atoms with Crippen LogP contribution in [-0.4, -0.2) is 41.6 Å². The Kier molecular flexibility index (Phi) is 7.04. The standard InChI is InChI=1S/C25H27N3O5S/c1-32-23-12-11-21(17-24(23)33-2)34(30,31)26-15-13-25(29)27-19-7-9-20(10-8-19)28-16-14-18-5-3-4-6-22(18)28/h3-12,17,26H,13-16H2,1-2H3,(H,27,29). The molecule has 1 aliphatic rings. The van der Waals surface area contributed by atoms with Gasteiger partial charge in [-0.15, -0.1) is 0 Å². The number of hydrogen-bond acceptors (Lipinski definition) is 6. The molecule has 2 N–H and O–H groups in total. The predicted molar refractivity (Wildman–Crippen MR) is 132 cm³/mol. The number of carbonyl (C=O) groups excluding carboxylic acids is 1. The van der Waals surface area contributed by atoms with Crippen molar-refractivity contribution >= 4 is 33.0 Å². The average molecular weight is 482 g/mol. The second-order valence-corrected chi connectivity index (χ2v) is 9.56. The van der Waals surface area contributed by atoms with E-state index >= 15 is 0 Å². The zero-order chi connectivity index (χ0) is 24.1. The minimum Gasteiger partial charge on any atom is -0.493 e. The normalized spacial score (nSPS) is 12.8. The highest BCUT2D eigenvalue weighted by Gasteiger charge is 2.20. The van der Waals surface area contributed by atoms with E-state index in [1.54, 1.807) is 0 Å². The summed E-state index contributed by atoms with van der Waals surface area (Å²) in [6, 6.07) is 20.3. The van der Waals surface area contributed by atoms with Crippen LogP contribution in [0.2, 0.25) is 0 Å². The molecule has 4 rings (SSSR count). The van der Waals surface area contributed by atoms with E-state index < -0.39 is 10.0 Å². The molecule has 0 spiro atoms. The number of rotatable bonds is 9. The molecule has 0 fully saturated rings. The summed E-state index contributed by atoms with van der Waals surface area (Å²) < 4.78 is 37.8. The van der Waals surface area contributed by atoms with E-state index in [0.717, 1.165) is 18.7 Å². The number of benzene rings is 3. The summed E-state index contributed by atoms with van der Waals surface area (Å²) in [5.74, 6) is 0.457. The molecule has 0 unspecified atom stereocenters. The van der Waals surface area contributed by atoms with Gasteiger partial charge in [0.25, 0.3) is 0 Å². The molecular weight excluding hydrogens is 454 g/mol. The van der Waals surface area contributed by atoms with E-state index in [9.17, 15) is 13.2 Å². The minimum absolute atomic E-state index is 0.00618. The minimum atomic E-state index is -3.80. The second-order valence-electron chi connectivity index (χ2n) is 7.79. The van der Waals surface area contributed by atoms with Crippen LogP contribution in [0.25, 0.3) is 0 Å². The number of amides is 1. The maximum atomic E-state index is 12.5. The van der Waals surface area contributed by atoms with Crippen LogP contribution in [0.3, 0.4) is 0 Å². The van der Waals surface area contributed by atoms with E-state index in [0.29, 0.717) is 17.2 Å². The Labute approximate surface area is 199 Å². The molecule has 8 nitrogen and oxygen atoms in total. The average Bonchev–Trinajstić information content (AvgIpc) is 3.28. The Hall–Kier alpha value is -3.56. The van der Waals surface area contributed by atoms with Crippen LogP contribution in [0.4, 0.5) is 17.1 Å². The van der Waals surface area contributed by atoms with Crippen molar-refractivity contribution in [1.82, 2.24) is 4.72 Å². The molecule has 0 aliphatic carbocycles. The van der Waals surface area contributed by atoms with E-state index in [4.69, 9.17) is 9.47 Å². The SMILES string of the molecule is COc1ccc(S(=O)(=O)NCCC(=O)Nc2ccc(N3CCc4ccccc43)cc2)cc1OC. The van der Waals surface area contributed by atoms with Crippen molar-refractivity contribution in [3.8, 4) is 11.5 Å². The fourth-order valence-corrected chi connectivity index (χ4v) is 4.97. The lowest BCUT2D eigenvalue weighted by atomic mass is 10.2. The van der Waals surface area contributed by atoms with Gasteiger partial charge in [0.15, 0.2) is 11.5 Å². The molecule has 0 saturated heterocycles. The molecule has 34 heavy (non-hydrogen) atoms. The maximum absolute atomic E-state index is 12.5. The number of anilines is 3. The molecule has 3 aromatic rings. The Morgan fingerprint density at radius 2 is 1.71 bits per heavy atom. The van der Waals surface area contributed by atoms with Gasteiger partial charge in [0.2, 0.25) is 15.9 Å².